The van der Waals surface area contributed by atoms with Gasteiger partial charge in [0.1, 0.15) is 0 Å². The average molecular weight is 342 g/mol. The molecule has 1 saturated carbocycles. The van der Waals surface area contributed by atoms with E-state index in [1.54, 1.807) is 0 Å². The second-order valence-electron chi connectivity index (χ2n) is 6.97. The number of aromatic nitrogens is 4. The minimum atomic E-state index is 0.416. The van der Waals surface area contributed by atoms with Gasteiger partial charge in [-0.2, -0.15) is 5.10 Å². The molecule has 0 spiro atoms. The highest BCUT2D eigenvalue weighted by Crippen LogP contribution is 2.47. The minimum Gasteiger partial charge on any atom is -0.348 e. The lowest BCUT2D eigenvalue weighted by atomic mass is 9.98. The maximum Gasteiger partial charge on any atom is 0.0925 e. The van der Waals surface area contributed by atoms with Crippen LogP contribution >= 0.6 is 11.6 Å². The van der Waals surface area contributed by atoms with E-state index >= 15 is 0 Å². The highest BCUT2D eigenvalue weighted by Gasteiger charge is 2.41. The molecule has 1 aromatic carbocycles. The maximum atomic E-state index is 6.48. The Morgan fingerprint density at radius 2 is 2.21 bits per heavy atom. The third kappa shape index (κ3) is 2.19. The third-order valence-corrected chi connectivity index (χ3v) is 5.71. The quantitative estimate of drug-likeness (QED) is 0.793. The number of H-pyrrole nitrogens is 1. The van der Waals surface area contributed by atoms with Crippen LogP contribution in [-0.4, -0.2) is 31.2 Å². The van der Waals surface area contributed by atoms with Crippen LogP contribution in [-0.2, 0) is 20.0 Å². The van der Waals surface area contributed by atoms with Crippen molar-refractivity contribution in [2.75, 3.05) is 6.54 Å². The Hall–Kier alpha value is -1.85. The van der Waals surface area contributed by atoms with Crippen molar-refractivity contribution >= 4 is 22.5 Å². The summed E-state index contributed by atoms with van der Waals surface area (Å²) in [5, 5.41) is 6.64. The Kier molecular flexibility index (Phi) is 3.22. The predicted molar refractivity (Wildman–Crippen MR) is 93.9 cm³/mol. The topological polar surface area (TPSA) is 49.7 Å². The minimum absolute atomic E-state index is 0.416. The molecule has 3 heterocycles. The zero-order chi connectivity index (χ0) is 16.3. The molecule has 0 saturated heterocycles. The molecular weight excluding hydrogens is 322 g/mol. The van der Waals surface area contributed by atoms with Crippen LogP contribution < -0.4 is 0 Å². The predicted octanol–water partition coefficient (Wildman–Crippen LogP) is 3.46. The first-order chi connectivity index (χ1) is 11.7. The number of rotatable bonds is 3. The van der Waals surface area contributed by atoms with Crippen molar-refractivity contribution in [2.24, 2.45) is 13.0 Å². The number of halogens is 1. The van der Waals surface area contributed by atoms with Crippen LogP contribution in [0.3, 0.4) is 0 Å². The molecule has 2 aromatic heterocycles. The van der Waals surface area contributed by atoms with Crippen LogP contribution in [0.15, 0.2) is 24.5 Å². The average Bonchev–Trinajstić information content (AvgIpc) is 3.20. The molecule has 124 valence electrons. The zero-order valence-electron chi connectivity index (χ0n) is 13.7. The van der Waals surface area contributed by atoms with E-state index in [0.717, 1.165) is 47.0 Å². The smallest absolute Gasteiger partial charge is 0.0925 e. The summed E-state index contributed by atoms with van der Waals surface area (Å²) in [6.07, 6.45) is 5.47. The van der Waals surface area contributed by atoms with Gasteiger partial charge in [-0.1, -0.05) is 17.7 Å². The number of imidazole rings is 1. The second kappa shape index (κ2) is 5.33. The molecule has 0 unspecified atom stereocenters. The molecule has 1 aliphatic carbocycles. The Bertz CT molecular complexity index is 907. The van der Waals surface area contributed by atoms with Gasteiger partial charge >= 0.3 is 0 Å². The SMILES string of the molecule is Cn1nc(CN2CCc3[nH]cnc3[C@@H]2C2CC2)c2c(Cl)cccc21. The van der Waals surface area contributed by atoms with Crippen LogP contribution in [0.1, 0.15) is 36.0 Å². The molecule has 3 aromatic rings. The monoisotopic (exact) mass is 341 g/mol. The molecule has 5 nitrogen and oxygen atoms in total. The van der Waals surface area contributed by atoms with Gasteiger partial charge in [0, 0.05) is 37.6 Å². The van der Waals surface area contributed by atoms with Crippen LogP contribution in [0, 0.1) is 5.92 Å². The summed E-state index contributed by atoms with van der Waals surface area (Å²) in [4.78, 5) is 10.5. The van der Waals surface area contributed by atoms with E-state index in [4.69, 9.17) is 16.7 Å². The number of fused-ring (bicyclic) bond motifs is 2. The van der Waals surface area contributed by atoms with Gasteiger partial charge in [-0.15, -0.1) is 0 Å². The van der Waals surface area contributed by atoms with Crippen molar-refractivity contribution in [3.8, 4) is 0 Å². The highest BCUT2D eigenvalue weighted by molar-refractivity contribution is 6.35. The van der Waals surface area contributed by atoms with Crippen LogP contribution in [0.5, 0.6) is 0 Å². The molecule has 1 fully saturated rings. The first-order valence-electron chi connectivity index (χ1n) is 8.58. The number of hydrogen-bond donors (Lipinski definition) is 1. The maximum absolute atomic E-state index is 6.48. The van der Waals surface area contributed by atoms with Crippen molar-refractivity contribution < 1.29 is 0 Å². The van der Waals surface area contributed by atoms with Gasteiger partial charge in [0.15, 0.2) is 0 Å². The molecule has 5 rings (SSSR count). The van der Waals surface area contributed by atoms with E-state index in [1.807, 2.05) is 30.2 Å². The number of benzene rings is 1. The van der Waals surface area contributed by atoms with Crippen molar-refractivity contribution in [3.05, 3.63) is 46.6 Å². The summed E-state index contributed by atoms with van der Waals surface area (Å²) in [5.41, 5.74) is 4.72. The standard InChI is InChI=1S/C18H20ClN5/c1-23-15-4-2-3-12(19)16(15)14(22-23)9-24-8-7-13-17(21-10-20-13)18(24)11-5-6-11/h2-4,10-11,18H,5-9H2,1H3,(H,20,21)/t18-/m0/s1. The molecular formula is C18H20ClN5. The second-order valence-corrected chi connectivity index (χ2v) is 7.38. The summed E-state index contributed by atoms with van der Waals surface area (Å²) < 4.78 is 1.94. The summed E-state index contributed by atoms with van der Waals surface area (Å²) in [7, 11) is 1.99. The van der Waals surface area contributed by atoms with E-state index in [9.17, 15) is 0 Å². The lowest BCUT2D eigenvalue weighted by Crippen LogP contribution is -2.36. The fourth-order valence-electron chi connectivity index (χ4n) is 4.12. The Balaban J connectivity index is 1.54. The molecule has 0 radical (unpaired) electrons. The first kappa shape index (κ1) is 14.5. The van der Waals surface area contributed by atoms with Crippen molar-refractivity contribution in [3.63, 3.8) is 0 Å². The lowest BCUT2D eigenvalue weighted by Gasteiger charge is -2.34. The number of aryl methyl sites for hydroxylation is 1. The molecule has 1 aliphatic heterocycles. The van der Waals surface area contributed by atoms with Crippen LogP contribution in [0.25, 0.3) is 10.9 Å². The van der Waals surface area contributed by atoms with E-state index in [-0.39, 0.29) is 0 Å². The van der Waals surface area contributed by atoms with Gasteiger partial charge in [0.05, 0.1) is 34.3 Å². The van der Waals surface area contributed by atoms with Crippen molar-refractivity contribution in [1.29, 1.82) is 0 Å². The van der Waals surface area contributed by atoms with E-state index < -0.39 is 0 Å². The summed E-state index contributed by atoms with van der Waals surface area (Å²) in [6.45, 7) is 1.87. The molecule has 2 aliphatic rings. The van der Waals surface area contributed by atoms with Crippen LogP contribution in [0.4, 0.5) is 0 Å². The first-order valence-corrected chi connectivity index (χ1v) is 8.96. The zero-order valence-corrected chi connectivity index (χ0v) is 14.4. The molecule has 0 amide bonds. The van der Waals surface area contributed by atoms with Gasteiger partial charge in [-0.25, -0.2) is 4.98 Å². The number of nitrogens with one attached hydrogen (secondary N) is 1. The Morgan fingerprint density at radius 3 is 3.04 bits per heavy atom. The number of nitrogens with zero attached hydrogens (tertiary/aromatic N) is 4. The largest absolute Gasteiger partial charge is 0.348 e. The van der Waals surface area contributed by atoms with E-state index in [0.29, 0.717) is 6.04 Å². The third-order valence-electron chi connectivity index (χ3n) is 5.40. The molecule has 1 N–H and O–H groups in total. The lowest BCUT2D eigenvalue weighted by molar-refractivity contribution is 0.151. The van der Waals surface area contributed by atoms with Gasteiger partial charge < -0.3 is 4.98 Å². The molecule has 6 heteroatoms. The Morgan fingerprint density at radius 1 is 1.33 bits per heavy atom. The van der Waals surface area contributed by atoms with Crippen LogP contribution in [0.2, 0.25) is 5.02 Å². The van der Waals surface area contributed by atoms with Gasteiger partial charge in [-0.05, 0) is 30.9 Å². The van der Waals surface area contributed by atoms with Crippen molar-refractivity contribution in [2.45, 2.75) is 31.8 Å². The number of aromatic amines is 1. The highest BCUT2D eigenvalue weighted by atomic mass is 35.5. The fourth-order valence-corrected chi connectivity index (χ4v) is 4.40. The molecule has 24 heavy (non-hydrogen) atoms. The Labute approximate surface area is 145 Å². The number of hydrogen-bond acceptors (Lipinski definition) is 3. The molecule has 0 bridgehead atoms. The normalized spacial score (nSPS) is 21.3. The van der Waals surface area contributed by atoms with Gasteiger partial charge in [-0.3, -0.25) is 9.58 Å². The fraction of sp³-hybridized carbons (Fsp3) is 0.444. The van der Waals surface area contributed by atoms with Gasteiger partial charge in [0.2, 0.25) is 0 Å². The van der Waals surface area contributed by atoms with E-state index in [2.05, 4.69) is 20.9 Å². The summed E-state index contributed by atoms with van der Waals surface area (Å²) in [6, 6.07) is 6.44. The van der Waals surface area contributed by atoms with Crippen molar-refractivity contribution in [1.82, 2.24) is 24.6 Å². The summed E-state index contributed by atoms with van der Waals surface area (Å²) >= 11 is 6.48. The van der Waals surface area contributed by atoms with E-state index in [1.165, 1.54) is 24.2 Å². The molecule has 1 atom stereocenters. The summed E-state index contributed by atoms with van der Waals surface area (Å²) in [5.74, 6) is 0.734. The van der Waals surface area contributed by atoms with Gasteiger partial charge in [0.25, 0.3) is 0 Å².